The zero-order valence-electron chi connectivity index (χ0n) is 19.4. The Kier molecular flexibility index (Phi) is 8.30. The Labute approximate surface area is 220 Å². The van der Waals surface area contributed by atoms with E-state index in [2.05, 4.69) is 22.0 Å². The van der Waals surface area contributed by atoms with Crippen LogP contribution in [0.5, 0.6) is 11.5 Å². The van der Waals surface area contributed by atoms with E-state index in [-0.39, 0.29) is 24.0 Å². The number of ether oxygens (including phenoxy) is 3. The lowest BCUT2D eigenvalue weighted by Crippen LogP contribution is -2.46. The molecule has 0 bridgehead atoms. The number of hydrogen-bond acceptors (Lipinski definition) is 8. The Morgan fingerprint density at radius 3 is 2.61 bits per heavy atom. The van der Waals surface area contributed by atoms with Crippen molar-refractivity contribution in [3.8, 4) is 17.6 Å². The maximum absolute atomic E-state index is 12.9. The van der Waals surface area contributed by atoms with E-state index in [1.165, 1.54) is 7.11 Å². The Morgan fingerprint density at radius 1 is 1.22 bits per heavy atom. The molecule has 0 unspecified atom stereocenters. The SMILES string of the molecule is COc1cc(/C=C2\SC(=O)N(CC(=O)N3CCOCC3)C2=O)cc(Br)c1OCc1ccc(C#N)cc1. The number of hydrogen-bond donors (Lipinski definition) is 0. The molecular formula is C25H22BrN3O6S. The average Bonchev–Trinajstić information content (AvgIpc) is 3.15. The van der Waals surface area contributed by atoms with Crippen LogP contribution in [-0.2, 0) is 20.9 Å². The first kappa shape index (κ1) is 25.8. The Hall–Kier alpha value is -3.33. The van der Waals surface area contributed by atoms with Crippen LogP contribution in [0.3, 0.4) is 0 Å². The van der Waals surface area contributed by atoms with Crippen LogP contribution in [0, 0.1) is 11.3 Å². The Morgan fingerprint density at radius 2 is 1.94 bits per heavy atom. The zero-order valence-corrected chi connectivity index (χ0v) is 21.8. The summed E-state index contributed by atoms with van der Waals surface area (Å²) in [5.41, 5.74) is 2.07. The molecule has 2 heterocycles. The van der Waals surface area contributed by atoms with Crippen LogP contribution in [0.25, 0.3) is 6.08 Å². The lowest BCUT2D eigenvalue weighted by molar-refractivity contribution is -0.139. The zero-order chi connectivity index (χ0) is 25.7. The van der Waals surface area contributed by atoms with Crippen molar-refractivity contribution in [2.24, 2.45) is 0 Å². The van der Waals surface area contributed by atoms with Crippen LogP contribution in [0.15, 0.2) is 45.8 Å². The summed E-state index contributed by atoms with van der Waals surface area (Å²) in [6.07, 6.45) is 1.59. The van der Waals surface area contributed by atoms with Crippen LogP contribution in [0.1, 0.15) is 16.7 Å². The normalized spacial score (nSPS) is 16.9. The number of morpholine rings is 1. The third-order valence-electron chi connectivity index (χ3n) is 5.55. The first-order valence-electron chi connectivity index (χ1n) is 11.0. The summed E-state index contributed by atoms with van der Waals surface area (Å²) in [5, 5.41) is 8.45. The Balaban J connectivity index is 1.47. The molecule has 2 aliphatic rings. The fourth-order valence-corrected chi connectivity index (χ4v) is 5.04. The molecule has 9 nitrogen and oxygen atoms in total. The van der Waals surface area contributed by atoms with Gasteiger partial charge in [0.1, 0.15) is 13.2 Å². The smallest absolute Gasteiger partial charge is 0.294 e. The first-order chi connectivity index (χ1) is 17.4. The summed E-state index contributed by atoms with van der Waals surface area (Å²) in [6, 6.07) is 12.6. The first-order valence-corrected chi connectivity index (χ1v) is 12.6. The maximum Gasteiger partial charge on any atom is 0.294 e. The van der Waals surface area contributed by atoms with Crippen molar-refractivity contribution in [3.05, 3.63) is 62.5 Å². The highest BCUT2D eigenvalue weighted by Crippen LogP contribution is 2.39. The van der Waals surface area contributed by atoms with Crippen molar-refractivity contribution in [1.82, 2.24) is 9.80 Å². The van der Waals surface area contributed by atoms with E-state index < -0.39 is 11.1 Å². The molecule has 0 N–H and O–H groups in total. The minimum atomic E-state index is -0.511. The lowest BCUT2D eigenvalue weighted by Gasteiger charge is -2.28. The van der Waals surface area contributed by atoms with Gasteiger partial charge in [-0.05, 0) is 69.2 Å². The van der Waals surface area contributed by atoms with E-state index in [0.717, 1.165) is 22.2 Å². The standard InChI is InChI=1S/C25H22BrN3O6S/c1-33-20-11-18(10-19(26)23(20)35-15-17-4-2-16(13-27)3-5-17)12-21-24(31)29(25(32)36-21)14-22(30)28-6-8-34-9-7-28/h2-5,10-12H,6-9,14-15H2,1H3/b21-12-. The van der Waals surface area contributed by atoms with Gasteiger partial charge in [-0.15, -0.1) is 0 Å². The van der Waals surface area contributed by atoms with Gasteiger partial charge >= 0.3 is 0 Å². The predicted molar refractivity (Wildman–Crippen MR) is 136 cm³/mol. The third-order valence-corrected chi connectivity index (χ3v) is 7.04. The van der Waals surface area contributed by atoms with Gasteiger partial charge in [0.25, 0.3) is 11.1 Å². The second kappa shape index (κ2) is 11.6. The summed E-state index contributed by atoms with van der Waals surface area (Å²) in [6.45, 7) is 1.73. The number of rotatable bonds is 7. The molecule has 4 rings (SSSR count). The molecule has 2 saturated heterocycles. The number of nitriles is 1. The van der Waals surface area contributed by atoms with Crippen LogP contribution in [-0.4, -0.2) is 66.8 Å². The molecule has 0 saturated carbocycles. The summed E-state index contributed by atoms with van der Waals surface area (Å²) >= 11 is 4.29. The second-order valence-electron chi connectivity index (χ2n) is 7.89. The van der Waals surface area contributed by atoms with E-state index >= 15 is 0 Å². The summed E-state index contributed by atoms with van der Waals surface area (Å²) in [5.74, 6) is 0.118. The molecule has 36 heavy (non-hydrogen) atoms. The number of nitrogens with zero attached hydrogens (tertiary/aromatic N) is 3. The molecule has 0 aromatic heterocycles. The van der Waals surface area contributed by atoms with Gasteiger partial charge in [-0.2, -0.15) is 5.26 Å². The van der Waals surface area contributed by atoms with E-state index in [0.29, 0.717) is 53.4 Å². The van der Waals surface area contributed by atoms with Crippen molar-refractivity contribution in [2.45, 2.75) is 6.61 Å². The van der Waals surface area contributed by atoms with Crippen LogP contribution in [0.2, 0.25) is 0 Å². The van der Waals surface area contributed by atoms with Gasteiger partial charge in [-0.3, -0.25) is 19.3 Å². The van der Waals surface area contributed by atoms with Gasteiger partial charge in [0, 0.05) is 13.1 Å². The van der Waals surface area contributed by atoms with Gasteiger partial charge in [0.15, 0.2) is 11.5 Å². The van der Waals surface area contributed by atoms with Crippen molar-refractivity contribution < 1.29 is 28.6 Å². The molecule has 2 aromatic carbocycles. The van der Waals surface area contributed by atoms with Crippen LogP contribution < -0.4 is 9.47 Å². The van der Waals surface area contributed by atoms with E-state index in [9.17, 15) is 14.4 Å². The van der Waals surface area contributed by atoms with Gasteiger partial charge < -0.3 is 19.1 Å². The molecule has 0 atom stereocenters. The fourth-order valence-electron chi connectivity index (χ4n) is 3.63. The third kappa shape index (κ3) is 5.90. The molecule has 2 fully saturated rings. The quantitative estimate of drug-likeness (QED) is 0.461. The molecule has 0 aliphatic carbocycles. The Bertz CT molecular complexity index is 1250. The van der Waals surface area contributed by atoms with E-state index in [1.807, 2.05) is 12.1 Å². The predicted octanol–water partition coefficient (Wildman–Crippen LogP) is 3.80. The maximum atomic E-state index is 12.9. The molecule has 2 aliphatic heterocycles. The largest absolute Gasteiger partial charge is 0.493 e. The van der Waals surface area contributed by atoms with Crippen LogP contribution in [0.4, 0.5) is 4.79 Å². The number of carbonyl (C=O) groups is 3. The molecule has 186 valence electrons. The minimum absolute atomic E-state index is 0.218. The number of carbonyl (C=O) groups excluding carboxylic acids is 3. The van der Waals surface area contributed by atoms with Crippen molar-refractivity contribution in [1.29, 1.82) is 5.26 Å². The van der Waals surface area contributed by atoms with Gasteiger partial charge in [-0.1, -0.05) is 12.1 Å². The molecule has 3 amide bonds. The summed E-state index contributed by atoms with van der Waals surface area (Å²) in [7, 11) is 1.51. The van der Waals surface area contributed by atoms with Crippen LogP contribution >= 0.6 is 27.7 Å². The van der Waals surface area contributed by atoms with Gasteiger partial charge in [0.05, 0.1) is 41.3 Å². The number of amides is 3. The molecular weight excluding hydrogens is 550 g/mol. The van der Waals surface area contributed by atoms with E-state index in [4.69, 9.17) is 19.5 Å². The highest BCUT2D eigenvalue weighted by molar-refractivity contribution is 9.10. The van der Waals surface area contributed by atoms with E-state index in [1.54, 1.807) is 35.2 Å². The number of thioether (sulfide) groups is 1. The topological polar surface area (TPSA) is 109 Å². The second-order valence-corrected chi connectivity index (χ2v) is 9.74. The summed E-state index contributed by atoms with van der Waals surface area (Å²) < 4.78 is 17.3. The highest BCUT2D eigenvalue weighted by atomic mass is 79.9. The number of benzene rings is 2. The van der Waals surface area contributed by atoms with Gasteiger partial charge in [-0.25, -0.2) is 0 Å². The fraction of sp³-hybridized carbons (Fsp3) is 0.280. The van der Waals surface area contributed by atoms with Crippen molar-refractivity contribution >= 4 is 50.8 Å². The monoisotopic (exact) mass is 571 g/mol. The number of halogens is 1. The highest BCUT2D eigenvalue weighted by Gasteiger charge is 2.37. The lowest BCUT2D eigenvalue weighted by atomic mass is 10.1. The molecule has 0 spiro atoms. The summed E-state index contributed by atoms with van der Waals surface area (Å²) in [4.78, 5) is 40.6. The van der Waals surface area contributed by atoms with Crippen molar-refractivity contribution in [2.75, 3.05) is 40.0 Å². The van der Waals surface area contributed by atoms with Crippen molar-refractivity contribution in [3.63, 3.8) is 0 Å². The average molecular weight is 572 g/mol. The molecule has 2 aromatic rings. The number of methoxy groups -OCH3 is 1. The van der Waals surface area contributed by atoms with Gasteiger partial charge in [0.2, 0.25) is 5.91 Å². The number of imide groups is 1. The molecule has 11 heteroatoms. The molecule has 0 radical (unpaired) electrons. The minimum Gasteiger partial charge on any atom is -0.493 e.